The van der Waals surface area contributed by atoms with Gasteiger partial charge in [-0.15, -0.1) is 0 Å². The fourth-order valence-corrected chi connectivity index (χ4v) is 3.29. The maximum Gasteiger partial charge on any atom is 0.231 e. The van der Waals surface area contributed by atoms with Gasteiger partial charge in [0.1, 0.15) is 0 Å². The summed E-state index contributed by atoms with van der Waals surface area (Å²) in [4.78, 5) is 4.26. The third-order valence-electron chi connectivity index (χ3n) is 3.76. The molecule has 0 amide bonds. The fourth-order valence-electron chi connectivity index (χ4n) is 2.58. The largest absolute Gasteiger partial charge is 0.493 e. The van der Waals surface area contributed by atoms with Gasteiger partial charge in [0.05, 0.1) is 19.9 Å². The molecule has 0 fully saturated rings. The van der Waals surface area contributed by atoms with Gasteiger partial charge >= 0.3 is 0 Å². The molecule has 6 nitrogen and oxygen atoms in total. The van der Waals surface area contributed by atoms with E-state index in [9.17, 15) is 0 Å². The number of ether oxygens (including phenoxy) is 4. The molecule has 24 heavy (non-hydrogen) atoms. The maximum absolute atomic E-state index is 5.50. The van der Waals surface area contributed by atoms with Gasteiger partial charge in [0.2, 0.25) is 18.4 Å². The minimum atomic E-state index is 0.196. The van der Waals surface area contributed by atoms with Crippen molar-refractivity contribution in [3.63, 3.8) is 0 Å². The molecule has 0 unspecified atom stereocenters. The van der Waals surface area contributed by atoms with Gasteiger partial charge in [-0.1, -0.05) is 0 Å². The Morgan fingerprint density at radius 2 is 2.00 bits per heavy atom. The average molecular weight is 342 g/mol. The van der Waals surface area contributed by atoms with Gasteiger partial charge in [-0.25, -0.2) is 4.98 Å². The first-order valence-electron chi connectivity index (χ1n) is 7.23. The average Bonchev–Trinajstić information content (AvgIpc) is 3.29. The zero-order valence-corrected chi connectivity index (χ0v) is 13.9. The molecule has 0 saturated heterocycles. The third-order valence-corrected chi connectivity index (χ3v) is 4.39. The van der Waals surface area contributed by atoms with Crippen LogP contribution in [0.4, 0.5) is 0 Å². The van der Waals surface area contributed by atoms with Crippen molar-refractivity contribution in [1.29, 1.82) is 0 Å². The number of benzene rings is 1. The molecule has 4 rings (SSSR count). The lowest BCUT2D eigenvalue weighted by atomic mass is 10.0. The minimum absolute atomic E-state index is 0.196. The van der Waals surface area contributed by atoms with Gasteiger partial charge < -0.3 is 18.9 Å². The Morgan fingerprint density at radius 1 is 1.08 bits per heavy atom. The van der Waals surface area contributed by atoms with Crippen molar-refractivity contribution < 1.29 is 18.9 Å². The lowest BCUT2D eigenvalue weighted by Gasteiger charge is -2.08. The summed E-state index contributed by atoms with van der Waals surface area (Å²) in [6.07, 6.45) is 1.77. The van der Waals surface area contributed by atoms with Crippen LogP contribution in [0.5, 0.6) is 23.1 Å². The molecule has 0 atom stereocenters. The van der Waals surface area contributed by atoms with Crippen molar-refractivity contribution in [3.8, 4) is 45.5 Å². The van der Waals surface area contributed by atoms with E-state index in [2.05, 4.69) is 9.36 Å². The van der Waals surface area contributed by atoms with Gasteiger partial charge in [0, 0.05) is 34.3 Å². The van der Waals surface area contributed by atoms with Crippen LogP contribution in [-0.4, -0.2) is 30.4 Å². The first kappa shape index (κ1) is 14.8. The van der Waals surface area contributed by atoms with Crippen LogP contribution in [0.25, 0.3) is 22.4 Å². The Kier molecular flexibility index (Phi) is 3.70. The SMILES string of the molecule is COc1ccc(-c2csnc2-c2cc(OC)c3c(c2)OCO3)cn1. The molecule has 0 aliphatic carbocycles. The number of nitrogens with zero attached hydrogens (tertiary/aromatic N) is 2. The lowest BCUT2D eigenvalue weighted by molar-refractivity contribution is 0.171. The standard InChI is InChI=1S/C17H14N2O4S/c1-20-13-5-11(6-14-17(13)23-9-22-14)16-12(8-24-19-16)10-3-4-15(21-2)18-7-10/h3-8H,9H2,1-2H3. The molecule has 3 aromatic rings. The van der Waals surface area contributed by atoms with E-state index in [0.717, 1.165) is 22.4 Å². The minimum Gasteiger partial charge on any atom is -0.493 e. The predicted octanol–water partition coefficient (Wildman–Crippen LogP) is 3.62. The van der Waals surface area contributed by atoms with Crippen molar-refractivity contribution in [3.05, 3.63) is 35.8 Å². The molecular weight excluding hydrogens is 328 g/mol. The highest BCUT2D eigenvalue weighted by Gasteiger charge is 2.22. The predicted molar refractivity (Wildman–Crippen MR) is 90.0 cm³/mol. The van der Waals surface area contributed by atoms with Crippen LogP contribution in [0.2, 0.25) is 0 Å². The Morgan fingerprint density at radius 3 is 2.75 bits per heavy atom. The van der Waals surface area contributed by atoms with E-state index in [1.54, 1.807) is 20.4 Å². The van der Waals surface area contributed by atoms with E-state index < -0.39 is 0 Å². The topological polar surface area (TPSA) is 62.7 Å². The smallest absolute Gasteiger partial charge is 0.231 e. The second kappa shape index (κ2) is 6.01. The molecule has 1 aliphatic rings. The molecule has 0 saturated carbocycles. The molecule has 0 spiro atoms. The molecule has 0 radical (unpaired) electrons. The molecule has 7 heteroatoms. The lowest BCUT2D eigenvalue weighted by Crippen LogP contribution is -1.93. The van der Waals surface area contributed by atoms with Crippen molar-refractivity contribution in [2.75, 3.05) is 21.0 Å². The number of hydrogen-bond donors (Lipinski definition) is 0. The first-order valence-corrected chi connectivity index (χ1v) is 8.06. The molecular formula is C17H14N2O4S. The Balaban J connectivity index is 1.80. The first-order chi connectivity index (χ1) is 11.8. The molecule has 1 aliphatic heterocycles. The number of rotatable bonds is 4. The Labute approximate surface area is 142 Å². The van der Waals surface area contributed by atoms with Crippen molar-refractivity contribution >= 4 is 11.5 Å². The molecule has 122 valence electrons. The highest BCUT2D eigenvalue weighted by Crippen LogP contribution is 2.45. The maximum atomic E-state index is 5.50. The van der Waals surface area contributed by atoms with Gasteiger partial charge in [-0.3, -0.25) is 0 Å². The summed E-state index contributed by atoms with van der Waals surface area (Å²) in [5.74, 6) is 2.50. The zero-order valence-electron chi connectivity index (χ0n) is 13.1. The normalized spacial score (nSPS) is 12.2. The second-order valence-corrected chi connectivity index (χ2v) is 5.71. The van der Waals surface area contributed by atoms with Crippen molar-refractivity contribution in [2.24, 2.45) is 0 Å². The summed E-state index contributed by atoms with van der Waals surface area (Å²) in [6.45, 7) is 0.196. The van der Waals surface area contributed by atoms with Crippen LogP contribution >= 0.6 is 11.5 Å². The molecule has 0 bridgehead atoms. The van der Waals surface area contributed by atoms with E-state index >= 15 is 0 Å². The van der Waals surface area contributed by atoms with E-state index in [4.69, 9.17) is 18.9 Å². The van der Waals surface area contributed by atoms with Crippen LogP contribution in [-0.2, 0) is 0 Å². The number of hydrogen-bond acceptors (Lipinski definition) is 7. The van der Waals surface area contributed by atoms with Crippen LogP contribution in [0, 0.1) is 0 Å². The number of pyridine rings is 1. The van der Waals surface area contributed by atoms with E-state index in [-0.39, 0.29) is 6.79 Å². The van der Waals surface area contributed by atoms with E-state index in [1.807, 2.05) is 29.6 Å². The molecule has 1 aromatic carbocycles. The highest BCUT2D eigenvalue weighted by atomic mass is 32.1. The quantitative estimate of drug-likeness (QED) is 0.722. The molecule has 3 heterocycles. The summed E-state index contributed by atoms with van der Waals surface area (Å²) >= 11 is 1.39. The summed E-state index contributed by atoms with van der Waals surface area (Å²) in [6, 6.07) is 7.61. The van der Waals surface area contributed by atoms with Crippen LogP contribution in [0.3, 0.4) is 0 Å². The second-order valence-electron chi connectivity index (χ2n) is 5.08. The fraction of sp³-hybridized carbons (Fsp3) is 0.176. The van der Waals surface area contributed by atoms with Crippen molar-refractivity contribution in [1.82, 2.24) is 9.36 Å². The molecule has 2 aromatic heterocycles. The highest BCUT2D eigenvalue weighted by molar-refractivity contribution is 7.04. The van der Waals surface area contributed by atoms with Crippen LogP contribution < -0.4 is 18.9 Å². The Hall–Kier alpha value is -2.80. The number of methoxy groups -OCH3 is 2. The van der Waals surface area contributed by atoms with Gasteiger partial charge in [0.15, 0.2) is 11.5 Å². The summed E-state index contributed by atoms with van der Waals surface area (Å²) in [5, 5.41) is 2.00. The van der Waals surface area contributed by atoms with Crippen LogP contribution in [0.1, 0.15) is 0 Å². The summed E-state index contributed by atoms with van der Waals surface area (Å²) in [5.41, 5.74) is 3.72. The van der Waals surface area contributed by atoms with Gasteiger partial charge in [-0.2, -0.15) is 4.37 Å². The number of fused-ring (bicyclic) bond motifs is 1. The summed E-state index contributed by atoms with van der Waals surface area (Å²) in [7, 11) is 3.20. The van der Waals surface area contributed by atoms with E-state index in [1.165, 1.54) is 11.5 Å². The van der Waals surface area contributed by atoms with Crippen molar-refractivity contribution in [2.45, 2.75) is 0 Å². The van der Waals surface area contributed by atoms with Crippen LogP contribution in [0.15, 0.2) is 35.8 Å². The summed E-state index contributed by atoms with van der Waals surface area (Å²) < 4.78 is 26.0. The van der Waals surface area contributed by atoms with Gasteiger partial charge in [-0.05, 0) is 29.7 Å². The van der Waals surface area contributed by atoms with E-state index in [0.29, 0.717) is 23.1 Å². The number of aromatic nitrogens is 2. The third kappa shape index (κ3) is 2.43. The monoisotopic (exact) mass is 342 g/mol. The molecule has 0 N–H and O–H groups in total. The Bertz CT molecular complexity index is 877. The van der Waals surface area contributed by atoms with Gasteiger partial charge in [0.25, 0.3) is 0 Å². The zero-order chi connectivity index (χ0) is 16.5.